The number of ketones is 1. The van der Waals surface area contributed by atoms with Crippen molar-refractivity contribution in [3.63, 3.8) is 0 Å². The van der Waals surface area contributed by atoms with Crippen LogP contribution in [0.3, 0.4) is 0 Å². The molecule has 3 aromatic rings. The number of nitrogens with zero attached hydrogens (tertiary/aromatic N) is 2. The van der Waals surface area contributed by atoms with Gasteiger partial charge in [0.15, 0.2) is 5.78 Å². The Hall–Kier alpha value is -2.92. The van der Waals surface area contributed by atoms with Crippen molar-refractivity contribution in [1.29, 1.82) is 0 Å². The molecule has 5 heteroatoms. The zero-order valence-electron chi connectivity index (χ0n) is 16.5. The van der Waals surface area contributed by atoms with E-state index in [1.54, 1.807) is 17.1 Å². The second-order valence-corrected chi connectivity index (χ2v) is 8.41. The van der Waals surface area contributed by atoms with Gasteiger partial charge in [0.2, 0.25) is 0 Å². The van der Waals surface area contributed by atoms with Crippen LogP contribution in [-0.2, 0) is 13.0 Å². The highest BCUT2D eigenvalue weighted by Gasteiger charge is 2.38. The number of rotatable bonds is 3. The minimum atomic E-state index is -0.140. The third-order valence-electron chi connectivity index (χ3n) is 5.53. The average molecular weight is 375 g/mol. The van der Waals surface area contributed by atoms with Gasteiger partial charge in [-0.25, -0.2) is 0 Å². The van der Waals surface area contributed by atoms with Gasteiger partial charge in [-0.2, -0.15) is 0 Å². The van der Waals surface area contributed by atoms with Gasteiger partial charge in [-0.05, 0) is 42.0 Å². The molecular formula is C23H25N3O2. The van der Waals surface area contributed by atoms with Gasteiger partial charge in [-0.3, -0.25) is 14.5 Å². The molecule has 2 heterocycles. The number of aliphatic hydroxyl groups excluding tert-OH is 1. The standard InChI is InChI=1S/C23H25N3O2/c1-14-4-5-16(13-27)17(10-14)20-21-18(11-23(2,3)12-19(21)28)26(24)22(20)15-6-8-25-9-7-15/h4-10,27H,11-13,24H2,1-3H3. The Morgan fingerprint density at radius 3 is 2.54 bits per heavy atom. The zero-order valence-corrected chi connectivity index (χ0v) is 16.5. The number of aryl methyl sites for hydroxylation is 1. The summed E-state index contributed by atoms with van der Waals surface area (Å²) in [6, 6.07) is 9.71. The number of aromatic nitrogens is 2. The first-order valence-electron chi connectivity index (χ1n) is 9.49. The van der Waals surface area contributed by atoms with Gasteiger partial charge in [0.05, 0.1) is 18.0 Å². The van der Waals surface area contributed by atoms with E-state index in [0.29, 0.717) is 12.0 Å². The van der Waals surface area contributed by atoms with Gasteiger partial charge in [0.25, 0.3) is 0 Å². The summed E-state index contributed by atoms with van der Waals surface area (Å²) in [6.45, 7) is 6.10. The Kier molecular flexibility index (Phi) is 4.35. The normalized spacial score (nSPS) is 15.5. The number of fused-ring (bicyclic) bond motifs is 1. The minimum Gasteiger partial charge on any atom is -0.392 e. The zero-order chi connectivity index (χ0) is 20.1. The molecule has 0 atom stereocenters. The van der Waals surface area contributed by atoms with Crippen LogP contribution in [0, 0.1) is 12.3 Å². The fourth-order valence-electron chi connectivity index (χ4n) is 4.27. The number of carbonyl (C=O) groups excluding carboxylic acids is 1. The van der Waals surface area contributed by atoms with Crippen LogP contribution < -0.4 is 5.84 Å². The number of benzene rings is 1. The molecule has 4 rings (SSSR count). The van der Waals surface area contributed by atoms with Crippen LogP contribution in [0.4, 0.5) is 0 Å². The lowest BCUT2D eigenvalue weighted by Crippen LogP contribution is -2.29. The van der Waals surface area contributed by atoms with Crippen LogP contribution in [0.1, 0.15) is 47.4 Å². The molecule has 0 saturated carbocycles. The van der Waals surface area contributed by atoms with E-state index < -0.39 is 0 Å². The summed E-state index contributed by atoms with van der Waals surface area (Å²) in [4.78, 5) is 17.3. The molecule has 1 aromatic carbocycles. The molecule has 5 nitrogen and oxygen atoms in total. The first kappa shape index (κ1) is 18.4. The molecule has 3 N–H and O–H groups in total. The Balaban J connectivity index is 2.11. The predicted molar refractivity (Wildman–Crippen MR) is 110 cm³/mol. The molecule has 1 aliphatic rings. The Bertz CT molecular complexity index is 1070. The lowest BCUT2D eigenvalue weighted by Gasteiger charge is -2.29. The largest absolute Gasteiger partial charge is 0.392 e. The minimum absolute atomic E-state index is 0.102. The lowest BCUT2D eigenvalue weighted by molar-refractivity contribution is 0.0911. The van der Waals surface area contributed by atoms with Crippen LogP contribution in [0.25, 0.3) is 22.4 Å². The average Bonchev–Trinajstić information content (AvgIpc) is 2.94. The van der Waals surface area contributed by atoms with Crippen LogP contribution in [0.2, 0.25) is 0 Å². The van der Waals surface area contributed by atoms with E-state index in [-0.39, 0.29) is 17.8 Å². The maximum absolute atomic E-state index is 13.2. The number of nitrogens with two attached hydrogens (primary N) is 1. The van der Waals surface area contributed by atoms with E-state index in [0.717, 1.165) is 45.6 Å². The van der Waals surface area contributed by atoms with Crippen LogP contribution in [0.5, 0.6) is 0 Å². The summed E-state index contributed by atoms with van der Waals surface area (Å²) >= 11 is 0. The summed E-state index contributed by atoms with van der Waals surface area (Å²) in [7, 11) is 0. The maximum Gasteiger partial charge on any atom is 0.165 e. The number of hydrogen-bond donors (Lipinski definition) is 2. The van der Waals surface area contributed by atoms with Crippen LogP contribution >= 0.6 is 0 Å². The van der Waals surface area contributed by atoms with Crippen molar-refractivity contribution in [1.82, 2.24) is 9.66 Å². The number of carbonyl (C=O) groups is 1. The van der Waals surface area contributed by atoms with Crippen molar-refractivity contribution in [2.24, 2.45) is 5.41 Å². The molecule has 0 amide bonds. The van der Waals surface area contributed by atoms with Crippen molar-refractivity contribution in [3.8, 4) is 22.4 Å². The quantitative estimate of drug-likeness (QED) is 0.681. The van der Waals surface area contributed by atoms with E-state index in [1.165, 1.54) is 0 Å². The predicted octanol–water partition coefficient (Wildman–Crippen LogP) is 3.89. The van der Waals surface area contributed by atoms with E-state index in [2.05, 4.69) is 18.8 Å². The summed E-state index contributed by atoms with van der Waals surface area (Å²) in [6.07, 6.45) is 4.65. The molecule has 0 saturated heterocycles. The highest BCUT2D eigenvalue weighted by molar-refractivity contribution is 6.08. The molecule has 0 aliphatic heterocycles. The van der Waals surface area contributed by atoms with Crippen molar-refractivity contribution < 1.29 is 9.90 Å². The van der Waals surface area contributed by atoms with Gasteiger partial charge in [-0.15, -0.1) is 0 Å². The first-order chi connectivity index (χ1) is 13.3. The third-order valence-corrected chi connectivity index (χ3v) is 5.53. The molecule has 2 aromatic heterocycles. The molecular weight excluding hydrogens is 350 g/mol. The van der Waals surface area contributed by atoms with Gasteiger partial charge < -0.3 is 10.9 Å². The summed E-state index contributed by atoms with van der Waals surface area (Å²) in [5.41, 5.74) is 6.62. The summed E-state index contributed by atoms with van der Waals surface area (Å²) in [5.74, 6) is 6.69. The second kappa shape index (κ2) is 6.60. The summed E-state index contributed by atoms with van der Waals surface area (Å²) < 4.78 is 1.67. The molecule has 0 spiro atoms. The molecule has 144 valence electrons. The van der Waals surface area contributed by atoms with Gasteiger partial charge >= 0.3 is 0 Å². The highest BCUT2D eigenvalue weighted by atomic mass is 16.3. The Morgan fingerprint density at radius 2 is 1.86 bits per heavy atom. The molecule has 1 aliphatic carbocycles. The fraction of sp³-hybridized carbons (Fsp3) is 0.304. The summed E-state index contributed by atoms with van der Waals surface area (Å²) in [5, 5.41) is 9.96. The van der Waals surface area contributed by atoms with Gasteiger partial charge in [-0.1, -0.05) is 37.6 Å². The smallest absolute Gasteiger partial charge is 0.165 e. The first-order valence-corrected chi connectivity index (χ1v) is 9.49. The number of aliphatic hydroxyl groups is 1. The van der Waals surface area contributed by atoms with E-state index in [4.69, 9.17) is 5.84 Å². The van der Waals surface area contributed by atoms with Gasteiger partial charge in [0, 0.05) is 35.5 Å². The molecule has 0 radical (unpaired) electrons. The van der Waals surface area contributed by atoms with Crippen molar-refractivity contribution in [2.75, 3.05) is 5.84 Å². The van der Waals surface area contributed by atoms with Crippen molar-refractivity contribution >= 4 is 5.78 Å². The fourth-order valence-corrected chi connectivity index (χ4v) is 4.27. The van der Waals surface area contributed by atoms with Crippen molar-refractivity contribution in [3.05, 3.63) is 65.1 Å². The van der Waals surface area contributed by atoms with E-state index >= 15 is 0 Å². The number of nitrogen functional groups attached to an aromatic ring is 1. The number of Topliss-reactive ketones (excluding diaryl/α,β-unsaturated/α-hetero) is 1. The number of pyridine rings is 1. The highest BCUT2D eigenvalue weighted by Crippen LogP contribution is 2.45. The molecule has 0 bridgehead atoms. The van der Waals surface area contributed by atoms with E-state index in [1.807, 2.05) is 37.3 Å². The molecule has 28 heavy (non-hydrogen) atoms. The monoisotopic (exact) mass is 375 g/mol. The topological polar surface area (TPSA) is 81.1 Å². The Labute approximate surface area is 164 Å². The Morgan fingerprint density at radius 1 is 1.14 bits per heavy atom. The van der Waals surface area contributed by atoms with E-state index in [9.17, 15) is 9.90 Å². The second-order valence-electron chi connectivity index (χ2n) is 8.41. The lowest BCUT2D eigenvalue weighted by atomic mass is 9.74. The maximum atomic E-state index is 13.2. The van der Waals surface area contributed by atoms with Gasteiger partial charge in [0.1, 0.15) is 0 Å². The van der Waals surface area contributed by atoms with Crippen LogP contribution in [-0.4, -0.2) is 20.5 Å². The third kappa shape index (κ3) is 2.92. The SMILES string of the molecule is Cc1ccc(CO)c(-c2c3c(n(N)c2-c2ccncc2)CC(C)(C)CC3=O)c1. The molecule has 0 fully saturated rings. The van der Waals surface area contributed by atoms with Crippen molar-refractivity contribution in [2.45, 2.75) is 40.2 Å². The van der Waals surface area contributed by atoms with Crippen LogP contribution in [0.15, 0.2) is 42.7 Å². The number of hydrogen-bond acceptors (Lipinski definition) is 4. The molecule has 0 unspecified atom stereocenters.